The Labute approximate surface area is 183 Å². The van der Waals surface area contributed by atoms with Crippen LogP contribution in [0.15, 0.2) is 34.0 Å². The SMILES string of the molecule is CCCOc1nn(C(=O)NS(=O)(=O)c2ccccc2C(=O)O)c(=O)n1C.[CH3-].[Na+]. The van der Waals surface area contributed by atoms with Gasteiger partial charge in [0.15, 0.2) is 0 Å². The van der Waals surface area contributed by atoms with E-state index in [9.17, 15) is 22.8 Å². The first-order chi connectivity index (χ1) is 12.2. The molecule has 0 spiro atoms. The molecular weight excluding hydrogens is 403 g/mol. The van der Waals surface area contributed by atoms with Crippen molar-refractivity contribution in [2.75, 3.05) is 6.61 Å². The van der Waals surface area contributed by atoms with E-state index < -0.39 is 38.2 Å². The van der Waals surface area contributed by atoms with Crippen LogP contribution in [0.1, 0.15) is 23.7 Å². The second kappa shape index (κ2) is 10.4. The average molecular weight is 422 g/mol. The molecule has 0 fully saturated rings. The van der Waals surface area contributed by atoms with E-state index in [-0.39, 0.29) is 54.3 Å². The molecule has 0 bridgehead atoms. The van der Waals surface area contributed by atoms with Crippen LogP contribution in [0.3, 0.4) is 0 Å². The van der Waals surface area contributed by atoms with Crippen molar-refractivity contribution >= 4 is 22.0 Å². The third kappa shape index (κ3) is 5.44. The van der Waals surface area contributed by atoms with Crippen LogP contribution < -0.4 is 44.7 Å². The molecule has 1 heterocycles. The molecule has 1 amide bonds. The number of carboxylic acid groups (broad SMARTS) is 1. The fourth-order valence-corrected chi connectivity index (χ4v) is 3.09. The number of hydrogen-bond donors (Lipinski definition) is 2. The van der Waals surface area contributed by atoms with E-state index in [1.165, 1.54) is 19.2 Å². The molecular formula is C15H19N4NaO7S. The van der Waals surface area contributed by atoms with Gasteiger partial charge in [0.1, 0.15) is 4.90 Å². The largest absolute Gasteiger partial charge is 1.00 e. The maximum Gasteiger partial charge on any atom is 1.00 e. The van der Waals surface area contributed by atoms with Crippen LogP contribution in [0.25, 0.3) is 0 Å². The maximum absolute atomic E-state index is 12.3. The maximum atomic E-state index is 12.3. The molecule has 1 aromatic carbocycles. The summed E-state index contributed by atoms with van der Waals surface area (Å²) in [5, 5.41) is 12.7. The van der Waals surface area contributed by atoms with Crippen LogP contribution in [0.4, 0.5) is 4.79 Å². The van der Waals surface area contributed by atoms with Crippen LogP contribution in [0.2, 0.25) is 0 Å². The Morgan fingerprint density at radius 2 is 1.89 bits per heavy atom. The number of benzene rings is 1. The number of sulfonamides is 1. The van der Waals surface area contributed by atoms with E-state index in [2.05, 4.69) is 5.10 Å². The number of nitrogens with zero attached hydrogens (tertiary/aromatic N) is 3. The van der Waals surface area contributed by atoms with Gasteiger partial charge < -0.3 is 17.3 Å². The van der Waals surface area contributed by atoms with Gasteiger partial charge >= 0.3 is 53.3 Å². The summed E-state index contributed by atoms with van der Waals surface area (Å²) >= 11 is 0. The predicted molar refractivity (Wildman–Crippen MR) is 94.2 cm³/mol. The van der Waals surface area contributed by atoms with Crippen molar-refractivity contribution in [3.05, 3.63) is 47.7 Å². The standard InChI is InChI=1S/C14H16N4O7S.CH3.Na/c1-3-8-25-13-15-18(14(22)17(13)2)12(21)16-26(23,24)10-7-5-4-6-9(10)11(19)20;;/h4-7H,3,8H2,1-2H3,(H,16,21)(H,19,20);1H3;/q;-1;+1. The number of amides is 1. The number of nitrogens with one attached hydrogen (secondary N) is 1. The molecule has 28 heavy (non-hydrogen) atoms. The molecule has 1 aromatic heterocycles. The Hall–Kier alpha value is -2.15. The second-order valence-corrected chi connectivity index (χ2v) is 6.75. The minimum Gasteiger partial charge on any atom is -0.478 e. The molecule has 0 aliphatic heterocycles. The summed E-state index contributed by atoms with van der Waals surface area (Å²) in [7, 11) is -3.25. The molecule has 2 N–H and O–H groups in total. The number of carbonyl (C=O) groups is 2. The van der Waals surface area contributed by atoms with Crippen LogP contribution in [-0.4, -0.2) is 46.5 Å². The van der Waals surface area contributed by atoms with Crippen molar-refractivity contribution < 1.29 is 57.4 Å². The molecule has 2 rings (SSSR count). The minimum absolute atomic E-state index is 0. The molecule has 0 saturated carbocycles. The van der Waals surface area contributed by atoms with E-state index in [0.717, 1.165) is 16.7 Å². The Bertz CT molecular complexity index is 1010. The molecule has 2 aromatic rings. The molecule has 148 valence electrons. The van der Waals surface area contributed by atoms with Gasteiger partial charge in [0, 0.05) is 7.05 Å². The molecule has 0 aliphatic rings. The van der Waals surface area contributed by atoms with Crippen molar-refractivity contribution in [1.29, 1.82) is 0 Å². The van der Waals surface area contributed by atoms with Gasteiger partial charge in [-0.05, 0) is 18.6 Å². The molecule has 0 saturated heterocycles. The summed E-state index contributed by atoms with van der Waals surface area (Å²) < 4.78 is 32.7. The number of aromatic nitrogens is 3. The molecule has 13 heteroatoms. The third-order valence-electron chi connectivity index (χ3n) is 3.20. The van der Waals surface area contributed by atoms with Gasteiger partial charge in [-0.1, -0.05) is 19.1 Å². The summed E-state index contributed by atoms with van der Waals surface area (Å²) in [6, 6.07) is 3.22. The van der Waals surface area contributed by atoms with Gasteiger partial charge in [-0.25, -0.2) is 32.1 Å². The van der Waals surface area contributed by atoms with Crippen LogP contribution in [0, 0.1) is 7.43 Å². The quantitative estimate of drug-likeness (QED) is 0.382. The topological polar surface area (TPSA) is 150 Å². The summed E-state index contributed by atoms with van der Waals surface area (Å²) in [6.07, 6.45) is 0.633. The van der Waals surface area contributed by atoms with E-state index in [0.29, 0.717) is 6.42 Å². The molecule has 0 aliphatic carbocycles. The van der Waals surface area contributed by atoms with Crippen LogP contribution in [0.5, 0.6) is 6.01 Å². The van der Waals surface area contributed by atoms with Gasteiger partial charge in [0.25, 0.3) is 10.0 Å². The van der Waals surface area contributed by atoms with E-state index in [4.69, 9.17) is 9.84 Å². The number of ether oxygens (including phenoxy) is 1. The predicted octanol–water partition coefficient (Wildman–Crippen LogP) is -2.53. The van der Waals surface area contributed by atoms with Gasteiger partial charge in [-0.15, -0.1) is 9.78 Å². The first-order valence-corrected chi connectivity index (χ1v) is 8.85. The number of hydrogen-bond acceptors (Lipinski definition) is 7. The molecule has 0 atom stereocenters. The van der Waals surface area contributed by atoms with Crippen molar-refractivity contribution in [1.82, 2.24) is 19.1 Å². The first-order valence-electron chi connectivity index (χ1n) is 7.37. The van der Waals surface area contributed by atoms with Crippen molar-refractivity contribution in [2.24, 2.45) is 7.05 Å². The van der Waals surface area contributed by atoms with Crippen LogP contribution in [-0.2, 0) is 17.1 Å². The zero-order valence-corrected chi connectivity index (χ0v) is 18.7. The first kappa shape index (κ1) is 25.9. The summed E-state index contributed by atoms with van der Waals surface area (Å²) in [4.78, 5) is 34.7. The number of carboxylic acids is 1. The van der Waals surface area contributed by atoms with Crippen molar-refractivity contribution in [3.63, 3.8) is 0 Å². The Kier molecular flexibility index (Phi) is 9.61. The Morgan fingerprint density at radius 3 is 2.46 bits per heavy atom. The zero-order valence-electron chi connectivity index (χ0n) is 15.9. The molecule has 0 radical (unpaired) electrons. The smallest absolute Gasteiger partial charge is 0.478 e. The molecule has 11 nitrogen and oxygen atoms in total. The van der Waals surface area contributed by atoms with Crippen LogP contribution >= 0.6 is 0 Å². The summed E-state index contributed by atoms with van der Waals surface area (Å²) in [6.45, 7) is 2.07. The normalized spacial score (nSPS) is 10.4. The van der Waals surface area contributed by atoms with E-state index in [1.54, 1.807) is 4.72 Å². The van der Waals surface area contributed by atoms with Gasteiger partial charge in [0.05, 0.1) is 12.2 Å². The Balaban J connectivity index is 0.00000364. The van der Waals surface area contributed by atoms with Gasteiger partial charge in [-0.2, -0.15) is 0 Å². The Morgan fingerprint density at radius 1 is 1.29 bits per heavy atom. The van der Waals surface area contributed by atoms with Gasteiger partial charge in [-0.3, -0.25) is 0 Å². The number of carbonyl (C=O) groups excluding carboxylic acids is 1. The second-order valence-electron chi connectivity index (χ2n) is 5.10. The monoisotopic (exact) mass is 422 g/mol. The number of aromatic carboxylic acids is 1. The molecule has 0 unspecified atom stereocenters. The number of rotatable bonds is 6. The fraction of sp³-hybridized carbons (Fsp3) is 0.267. The fourth-order valence-electron chi connectivity index (χ4n) is 1.96. The van der Waals surface area contributed by atoms with Crippen molar-refractivity contribution in [3.8, 4) is 6.01 Å². The third-order valence-corrected chi connectivity index (χ3v) is 4.58. The van der Waals surface area contributed by atoms with Crippen molar-refractivity contribution in [2.45, 2.75) is 18.2 Å². The summed E-state index contributed by atoms with van der Waals surface area (Å²) in [5.41, 5.74) is -1.44. The average Bonchev–Trinajstić information content (AvgIpc) is 2.88. The van der Waals surface area contributed by atoms with E-state index >= 15 is 0 Å². The zero-order chi connectivity index (χ0) is 19.5. The summed E-state index contributed by atoms with van der Waals surface area (Å²) in [5.74, 6) is -1.48. The van der Waals surface area contributed by atoms with Gasteiger partial charge in [0.2, 0.25) is 0 Å². The minimum atomic E-state index is -4.55. The van der Waals surface area contributed by atoms with E-state index in [1.807, 2.05) is 6.92 Å².